The van der Waals surface area contributed by atoms with Crippen LogP contribution in [-0.4, -0.2) is 26.9 Å². The van der Waals surface area contributed by atoms with Gasteiger partial charge in [0.2, 0.25) is 10.9 Å². The lowest BCUT2D eigenvalue weighted by Gasteiger charge is -2.17. The topological polar surface area (TPSA) is 74.6 Å². The van der Waals surface area contributed by atoms with Crippen LogP contribution in [0.2, 0.25) is 0 Å². The molecule has 0 spiro atoms. The minimum Gasteiger partial charge on any atom is -0.359 e. The van der Waals surface area contributed by atoms with Gasteiger partial charge in [-0.25, -0.2) is 0 Å². The lowest BCUT2D eigenvalue weighted by molar-refractivity contribution is -0.174. The number of carbonyl (C=O) groups is 2. The van der Waals surface area contributed by atoms with Crippen LogP contribution < -0.4 is 0 Å². The Bertz CT molecular complexity index is 663. The molecule has 0 saturated carbocycles. The van der Waals surface area contributed by atoms with E-state index in [1.54, 1.807) is 48.5 Å². The molecule has 0 fully saturated rings. The van der Waals surface area contributed by atoms with Crippen LogP contribution in [0.1, 0.15) is 27.9 Å². The fraction of sp³-hybridized carbons (Fsp3) is 0.176. The van der Waals surface area contributed by atoms with Crippen molar-refractivity contribution in [3.05, 3.63) is 71.3 Å². The van der Waals surface area contributed by atoms with E-state index in [1.165, 1.54) is 0 Å². The van der Waals surface area contributed by atoms with Gasteiger partial charge in [0.15, 0.2) is 5.78 Å². The van der Waals surface area contributed by atoms with Crippen molar-refractivity contribution >= 4 is 23.5 Å². The van der Waals surface area contributed by atoms with Gasteiger partial charge in [-0.05, 0) is 12.0 Å². The predicted molar refractivity (Wildman–Crippen MR) is 85.8 cm³/mol. The van der Waals surface area contributed by atoms with Crippen molar-refractivity contribution in [2.24, 2.45) is 0 Å². The van der Waals surface area contributed by atoms with Gasteiger partial charge in [0.05, 0.1) is 0 Å². The highest BCUT2D eigenvalue weighted by Gasteiger charge is 2.29. The van der Waals surface area contributed by atoms with Gasteiger partial charge >= 0.3 is 0 Å². The average Bonchev–Trinajstić information content (AvgIpc) is 2.53. The minimum atomic E-state index is -2.43. The van der Waals surface area contributed by atoms with Gasteiger partial charge in [0.25, 0.3) is 0 Å². The van der Waals surface area contributed by atoms with Gasteiger partial charge in [-0.1, -0.05) is 67.2 Å². The van der Waals surface area contributed by atoms with Crippen molar-refractivity contribution in [2.75, 3.05) is 0 Å². The molecule has 0 aromatic heterocycles. The maximum atomic E-state index is 12.2. The molecule has 2 aromatic rings. The van der Waals surface area contributed by atoms with Crippen molar-refractivity contribution in [1.82, 2.24) is 0 Å². The van der Waals surface area contributed by atoms with E-state index in [4.69, 9.17) is 0 Å². The highest BCUT2D eigenvalue weighted by Crippen LogP contribution is 2.16. The molecular weight excluding hydrogens is 300 g/mol. The zero-order chi connectivity index (χ0) is 16.2. The molecule has 2 rings (SSSR count). The highest BCUT2D eigenvalue weighted by molar-refractivity contribution is 7.96. The molecular formula is C17H16O4S. The van der Waals surface area contributed by atoms with Crippen molar-refractivity contribution in [1.29, 1.82) is 0 Å². The third-order valence-electron chi connectivity index (χ3n) is 3.36. The molecule has 0 bridgehead atoms. The summed E-state index contributed by atoms with van der Waals surface area (Å²) in [6.45, 7) is 0. The number of thiol groups is 1. The van der Waals surface area contributed by atoms with E-state index in [0.29, 0.717) is 17.5 Å². The Labute approximate surface area is 133 Å². The molecule has 0 heterocycles. The number of hydrogen-bond acceptors (Lipinski definition) is 4. The first-order valence-electron chi connectivity index (χ1n) is 6.77. The lowest BCUT2D eigenvalue weighted by Crippen LogP contribution is -2.35. The molecule has 4 nitrogen and oxygen atoms in total. The second kappa shape index (κ2) is 6.87. The molecule has 2 aromatic carbocycles. The molecule has 0 aliphatic rings. The van der Waals surface area contributed by atoms with Crippen LogP contribution in [0.15, 0.2) is 54.6 Å². The maximum absolute atomic E-state index is 12.2. The third-order valence-corrected chi connectivity index (χ3v) is 3.72. The fourth-order valence-electron chi connectivity index (χ4n) is 2.00. The molecule has 2 N–H and O–H groups in total. The van der Waals surface area contributed by atoms with Crippen LogP contribution >= 0.6 is 12.6 Å². The number of benzene rings is 2. The summed E-state index contributed by atoms with van der Waals surface area (Å²) in [6.07, 6.45) is 0.139. The Hall–Kier alpha value is -1.95. The summed E-state index contributed by atoms with van der Waals surface area (Å²) in [5.74, 6) is -2.50. The summed E-state index contributed by atoms with van der Waals surface area (Å²) in [6, 6.07) is 15.8. The number of hydrogen-bond donors (Lipinski definition) is 3. The average molecular weight is 316 g/mol. The number of aryl methyl sites for hydroxylation is 1. The van der Waals surface area contributed by atoms with E-state index in [2.05, 4.69) is 12.6 Å². The van der Waals surface area contributed by atoms with Crippen molar-refractivity contribution < 1.29 is 19.8 Å². The molecule has 0 saturated heterocycles. The number of aliphatic hydroxyl groups is 2. The van der Waals surface area contributed by atoms with Gasteiger partial charge in [0, 0.05) is 17.5 Å². The van der Waals surface area contributed by atoms with Gasteiger partial charge in [-0.2, -0.15) is 0 Å². The van der Waals surface area contributed by atoms with Gasteiger partial charge in [-0.3, -0.25) is 9.59 Å². The largest absolute Gasteiger partial charge is 0.359 e. The van der Waals surface area contributed by atoms with Crippen molar-refractivity contribution in [2.45, 2.75) is 18.6 Å². The Kier molecular flexibility index (Phi) is 5.13. The zero-order valence-corrected chi connectivity index (χ0v) is 12.7. The monoisotopic (exact) mass is 316 g/mol. The number of ketones is 1. The quantitative estimate of drug-likeness (QED) is 0.433. The molecule has 114 valence electrons. The molecule has 22 heavy (non-hydrogen) atoms. The predicted octanol–water partition coefficient (Wildman–Crippen LogP) is 1.99. The van der Waals surface area contributed by atoms with Crippen LogP contribution in [0.5, 0.6) is 0 Å². The lowest BCUT2D eigenvalue weighted by atomic mass is 9.99. The summed E-state index contributed by atoms with van der Waals surface area (Å²) in [4.78, 5) is 23.1. The van der Waals surface area contributed by atoms with E-state index >= 15 is 0 Å². The fourth-order valence-corrected chi connectivity index (χ4v) is 2.12. The van der Waals surface area contributed by atoms with Crippen molar-refractivity contribution in [3.63, 3.8) is 0 Å². The summed E-state index contributed by atoms with van der Waals surface area (Å²) < 4.78 is 0. The first kappa shape index (κ1) is 16.4. The third kappa shape index (κ3) is 4.04. The van der Waals surface area contributed by atoms with E-state index in [1.807, 2.05) is 6.07 Å². The Morgan fingerprint density at radius 1 is 0.909 bits per heavy atom. The zero-order valence-electron chi connectivity index (χ0n) is 11.8. The molecule has 0 atom stereocenters. The van der Waals surface area contributed by atoms with E-state index in [9.17, 15) is 19.8 Å². The Balaban J connectivity index is 2.05. The molecule has 0 unspecified atom stereocenters. The molecule has 0 aliphatic carbocycles. The van der Waals surface area contributed by atoms with Crippen LogP contribution in [0, 0.1) is 0 Å². The molecule has 5 heteroatoms. The number of carbonyl (C=O) groups excluding carboxylic acids is 2. The summed E-state index contributed by atoms with van der Waals surface area (Å²) in [5.41, 5.74) is 1.96. The van der Waals surface area contributed by atoms with Crippen LogP contribution in [0.3, 0.4) is 0 Å². The Morgan fingerprint density at radius 2 is 1.45 bits per heavy atom. The van der Waals surface area contributed by atoms with Gasteiger partial charge in [0.1, 0.15) is 0 Å². The molecule has 0 aliphatic heterocycles. The van der Waals surface area contributed by atoms with Crippen molar-refractivity contribution in [3.8, 4) is 0 Å². The molecule has 0 amide bonds. The normalized spacial score (nSPS) is 11.2. The van der Waals surface area contributed by atoms with Crippen LogP contribution in [-0.2, 0) is 11.2 Å². The van der Waals surface area contributed by atoms with Crippen LogP contribution in [0.4, 0.5) is 0 Å². The second-order valence-corrected chi connectivity index (χ2v) is 5.42. The van der Waals surface area contributed by atoms with E-state index in [-0.39, 0.29) is 12.2 Å². The van der Waals surface area contributed by atoms with E-state index < -0.39 is 10.9 Å². The van der Waals surface area contributed by atoms with Gasteiger partial charge < -0.3 is 10.2 Å². The van der Waals surface area contributed by atoms with Gasteiger partial charge in [-0.15, -0.1) is 0 Å². The summed E-state index contributed by atoms with van der Waals surface area (Å²) >= 11 is 3.43. The first-order valence-corrected chi connectivity index (χ1v) is 7.22. The minimum absolute atomic E-state index is 0.0728. The first-order chi connectivity index (χ1) is 10.4. The molecule has 0 radical (unpaired) electrons. The SMILES string of the molecule is O=C(c1ccccc1)c1ccc(CCC(O)(O)C(=O)S)cc1. The summed E-state index contributed by atoms with van der Waals surface area (Å²) in [7, 11) is 0. The van der Waals surface area contributed by atoms with E-state index in [0.717, 1.165) is 5.56 Å². The maximum Gasteiger partial charge on any atom is 0.244 e. The number of rotatable bonds is 6. The second-order valence-electron chi connectivity index (χ2n) is 5.01. The highest BCUT2D eigenvalue weighted by atomic mass is 32.1. The summed E-state index contributed by atoms with van der Waals surface area (Å²) in [5, 5.41) is 17.9. The smallest absolute Gasteiger partial charge is 0.244 e. The standard InChI is InChI=1S/C17H16O4S/c18-15(13-4-2-1-3-5-13)14-8-6-12(7-9-14)10-11-17(20,21)16(19)22/h1-9,20-21H,10-11H2,(H,19,22). The Morgan fingerprint density at radius 3 is 2.00 bits per heavy atom. The van der Waals surface area contributed by atoms with Crippen LogP contribution in [0.25, 0.3) is 0 Å².